The Hall–Kier alpha value is -1.82. The van der Waals surface area contributed by atoms with Crippen LogP contribution in [0.1, 0.15) is 22.0 Å². The second-order valence-corrected chi connectivity index (χ2v) is 4.44. The maximum Gasteiger partial charge on any atom is 0.270 e. The molecule has 0 atom stereocenters. The van der Waals surface area contributed by atoms with Gasteiger partial charge in [0.15, 0.2) is 0 Å². The van der Waals surface area contributed by atoms with Gasteiger partial charge in [-0.2, -0.15) is 0 Å². The van der Waals surface area contributed by atoms with E-state index >= 15 is 0 Å². The molecule has 2 aromatic rings. The summed E-state index contributed by atoms with van der Waals surface area (Å²) in [5, 5.41) is 2.76. The molecule has 0 bridgehead atoms. The molecule has 2 aromatic heterocycles. The minimum atomic E-state index is -0.229. The number of aromatic nitrogens is 3. The SMILES string of the molecule is Cc1nccc(CNC(=O)c2cccc(Br)n2)n1. The average molecular weight is 307 g/mol. The number of carbonyl (C=O) groups is 1. The van der Waals surface area contributed by atoms with Crippen LogP contribution < -0.4 is 5.32 Å². The van der Waals surface area contributed by atoms with Gasteiger partial charge in [-0.05, 0) is 41.1 Å². The lowest BCUT2D eigenvalue weighted by Crippen LogP contribution is -2.24. The molecule has 0 radical (unpaired) electrons. The molecular weight excluding hydrogens is 296 g/mol. The molecule has 2 heterocycles. The lowest BCUT2D eigenvalue weighted by molar-refractivity contribution is 0.0945. The Labute approximate surface area is 113 Å². The highest BCUT2D eigenvalue weighted by Gasteiger charge is 2.07. The molecular formula is C12H11BrN4O. The highest BCUT2D eigenvalue weighted by atomic mass is 79.9. The molecule has 0 spiro atoms. The van der Waals surface area contributed by atoms with Crippen LogP contribution in [0.3, 0.4) is 0 Å². The van der Waals surface area contributed by atoms with Crippen LogP contribution in [-0.4, -0.2) is 20.9 Å². The first-order valence-electron chi connectivity index (χ1n) is 5.34. The summed E-state index contributed by atoms with van der Waals surface area (Å²) in [5.41, 5.74) is 1.14. The van der Waals surface area contributed by atoms with Crippen molar-refractivity contribution in [1.29, 1.82) is 0 Å². The average Bonchev–Trinajstić information content (AvgIpc) is 2.36. The number of hydrogen-bond donors (Lipinski definition) is 1. The van der Waals surface area contributed by atoms with Crippen LogP contribution in [-0.2, 0) is 6.54 Å². The van der Waals surface area contributed by atoms with E-state index in [1.807, 2.05) is 0 Å². The maximum atomic E-state index is 11.8. The number of aryl methyl sites for hydroxylation is 1. The van der Waals surface area contributed by atoms with E-state index in [2.05, 4.69) is 36.2 Å². The van der Waals surface area contributed by atoms with Crippen LogP contribution >= 0.6 is 15.9 Å². The first-order valence-corrected chi connectivity index (χ1v) is 6.14. The van der Waals surface area contributed by atoms with Crippen LogP contribution in [0.5, 0.6) is 0 Å². The van der Waals surface area contributed by atoms with Crippen molar-refractivity contribution in [3.63, 3.8) is 0 Å². The van der Waals surface area contributed by atoms with Crippen molar-refractivity contribution in [1.82, 2.24) is 20.3 Å². The molecule has 2 rings (SSSR count). The molecule has 6 heteroatoms. The fourth-order valence-corrected chi connectivity index (χ4v) is 1.74. The highest BCUT2D eigenvalue weighted by Crippen LogP contribution is 2.06. The lowest BCUT2D eigenvalue weighted by Gasteiger charge is -2.04. The highest BCUT2D eigenvalue weighted by molar-refractivity contribution is 9.10. The van der Waals surface area contributed by atoms with E-state index in [-0.39, 0.29) is 5.91 Å². The van der Waals surface area contributed by atoms with Gasteiger partial charge in [-0.3, -0.25) is 4.79 Å². The van der Waals surface area contributed by atoms with Gasteiger partial charge < -0.3 is 5.32 Å². The van der Waals surface area contributed by atoms with Crippen molar-refractivity contribution in [2.45, 2.75) is 13.5 Å². The van der Waals surface area contributed by atoms with Gasteiger partial charge in [-0.15, -0.1) is 0 Å². The molecule has 0 saturated heterocycles. The van der Waals surface area contributed by atoms with Crippen molar-refractivity contribution >= 4 is 21.8 Å². The third-order valence-corrected chi connectivity index (χ3v) is 2.65. The lowest BCUT2D eigenvalue weighted by atomic mass is 10.3. The van der Waals surface area contributed by atoms with Crippen molar-refractivity contribution in [3.05, 3.63) is 52.3 Å². The summed E-state index contributed by atoms with van der Waals surface area (Å²) in [6, 6.07) is 6.96. The van der Waals surface area contributed by atoms with Crippen LogP contribution in [0.15, 0.2) is 35.1 Å². The van der Waals surface area contributed by atoms with Gasteiger partial charge in [-0.1, -0.05) is 6.07 Å². The molecule has 0 aliphatic carbocycles. The van der Waals surface area contributed by atoms with E-state index < -0.39 is 0 Å². The third kappa shape index (κ3) is 3.33. The Balaban J connectivity index is 2.00. The number of amides is 1. The van der Waals surface area contributed by atoms with Gasteiger partial charge in [0.05, 0.1) is 12.2 Å². The zero-order valence-electron chi connectivity index (χ0n) is 9.72. The van der Waals surface area contributed by atoms with E-state index in [4.69, 9.17) is 0 Å². The fourth-order valence-electron chi connectivity index (χ4n) is 1.40. The van der Waals surface area contributed by atoms with E-state index in [1.165, 1.54) is 0 Å². The Morgan fingerprint density at radius 2 is 2.17 bits per heavy atom. The first kappa shape index (κ1) is 12.6. The van der Waals surface area contributed by atoms with Gasteiger partial charge in [0.2, 0.25) is 0 Å². The molecule has 0 saturated carbocycles. The van der Waals surface area contributed by atoms with E-state index in [9.17, 15) is 4.79 Å². The summed E-state index contributed by atoms with van der Waals surface area (Å²) in [4.78, 5) is 24.1. The van der Waals surface area contributed by atoms with E-state index in [0.29, 0.717) is 22.7 Å². The topological polar surface area (TPSA) is 67.8 Å². The normalized spacial score (nSPS) is 10.1. The molecule has 92 valence electrons. The largest absolute Gasteiger partial charge is 0.345 e. The third-order valence-electron chi connectivity index (χ3n) is 2.21. The molecule has 0 fully saturated rings. The van der Waals surface area contributed by atoms with Gasteiger partial charge in [-0.25, -0.2) is 15.0 Å². The summed E-state index contributed by atoms with van der Waals surface area (Å²) in [5.74, 6) is 0.454. The summed E-state index contributed by atoms with van der Waals surface area (Å²) in [7, 11) is 0. The number of rotatable bonds is 3. The van der Waals surface area contributed by atoms with Crippen LogP contribution in [0.25, 0.3) is 0 Å². The van der Waals surface area contributed by atoms with Crippen molar-refractivity contribution in [2.24, 2.45) is 0 Å². The number of carbonyl (C=O) groups excluding carboxylic acids is 1. The molecule has 0 unspecified atom stereocenters. The molecule has 0 aliphatic heterocycles. The predicted molar refractivity (Wildman–Crippen MR) is 69.9 cm³/mol. The van der Waals surface area contributed by atoms with Crippen molar-refractivity contribution < 1.29 is 4.79 Å². The molecule has 0 aliphatic rings. The Bertz CT molecular complexity index is 574. The second-order valence-electron chi connectivity index (χ2n) is 3.62. The Morgan fingerprint density at radius 3 is 2.89 bits per heavy atom. The number of nitrogens with one attached hydrogen (secondary N) is 1. The fraction of sp³-hybridized carbons (Fsp3) is 0.167. The van der Waals surface area contributed by atoms with Gasteiger partial charge >= 0.3 is 0 Å². The number of nitrogens with zero attached hydrogens (tertiary/aromatic N) is 3. The minimum Gasteiger partial charge on any atom is -0.345 e. The summed E-state index contributed by atoms with van der Waals surface area (Å²) >= 11 is 3.22. The summed E-state index contributed by atoms with van der Waals surface area (Å²) in [6.45, 7) is 2.16. The van der Waals surface area contributed by atoms with Crippen molar-refractivity contribution in [2.75, 3.05) is 0 Å². The van der Waals surface area contributed by atoms with Crippen LogP contribution in [0.4, 0.5) is 0 Å². The Morgan fingerprint density at radius 1 is 1.33 bits per heavy atom. The zero-order valence-corrected chi connectivity index (χ0v) is 11.3. The molecule has 0 aromatic carbocycles. The summed E-state index contributed by atoms with van der Waals surface area (Å²) < 4.78 is 0.632. The van der Waals surface area contributed by atoms with Gasteiger partial charge in [0.25, 0.3) is 5.91 Å². The maximum absolute atomic E-state index is 11.8. The molecule has 5 nitrogen and oxygen atoms in total. The van der Waals surface area contributed by atoms with Crippen LogP contribution in [0.2, 0.25) is 0 Å². The molecule has 1 amide bonds. The van der Waals surface area contributed by atoms with E-state index in [1.54, 1.807) is 37.4 Å². The summed E-state index contributed by atoms with van der Waals surface area (Å²) in [6.07, 6.45) is 1.67. The van der Waals surface area contributed by atoms with Gasteiger partial charge in [0.1, 0.15) is 16.1 Å². The smallest absolute Gasteiger partial charge is 0.270 e. The number of halogens is 1. The van der Waals surface area contributed by atoms with Crippen LogP contribution in [0, 0.1) is 6.92 Å². The monoisotopic (exact) mass is 306 g/mol. The minimum absolute atomic E-state index is 0.229. The van der Waals surface area contributed by atoms with Crippen molar-refractivity contribution in [3.8, 4) is 0 Å². The number of hydrogen-bond acceptors (Lipinski definition) is 4. The second kappa shape index (κ2) is 5.68. The zero-order chi connectivity index (χ0) is 13.0. The Kier molecular flexibility index (Phi) is 3.99. The molecule has 1 N–H and O–H groups in total. The van der Waals surface area contributed by atoms with Gasteiger partial charge in [0, 0.05) is 6.20 Å². The quantitative estimate of drug-likeness (QED) is 0.879. The van der Waals surface area contributed by atoms with E-state index in [0.717, 1.165) is 5.69 Å². The predicted octanol–water partition coefficient (Wildman–Crippen LogP) is 1.87. The number of pyridine rings is 1. The first-order chi connectivity index (χ1) is 8.65. The standard InChI is InChI=1S/C12H11BrN4O/c1-8-14-6-5-9(16-8)7-15-12(18)10-3-2-4-11(13)17-10/h2-6H,7H2,1H3,(H,15,18). The molecule has 18 heavy (non-hydrogen) atoms.